The Morgan fingerprint density at radius 2 is 1.85 bits per heavy atom. The van der Waals surface area contributed by atoms with E-state index < -0.39 is 30.3 Å². The monoisotopic (exact) mass is 468 g/mol. The Morgan fingerprint density at radius 3 is 2.56 bits per heavy atom. The number of rotatable bonds is 8. The van der Waals surface area contributed by atoms with Crippen molar-refractivity contribution in [3.05, 3.63) is 53.1 Å². The Labute approximate surface area is 195 Å². The van der Waals surface area contributed by atoms with Crippen LogP contribution in [0.4, 0.5) is 5.69 Å². The summed E-state index contributed by atoms with van der Waals surface area (Å²) in [5.41, 5.74) is 0.770. The summed E-state index contributed by atoms with van der Waals surface area (Å²) < 4.78 is 21.0. The van der Waals surface area contributed by atoms with Crippen LogP contribution in [0.1, 0.15) is 43.9 Å². The lowest BCUT2D eigenvalue weighted by atomic mass is 10.1. The number of imide groups is 1. The number of fused-ring (bicyclic) bond motifs is 1. The summed E-state index contributed by atoms with van der Waals surface area (Å²) in [6.45, 7) is 0.232. The molecule has 1 saturated heterocycles. The van der Waals surface area contributed by atoms with Gasteiger partial charge in [0, 0.05) is 12.7 Å². The van der Waals surface area contributed by atoms with E-state index in [2.05, 4.69) is 5.32 Å². The number of nitrogens with zero attached hydrogens (tertiary/aromatic N) is 1. The number of amides is 3. The zero-order valence-corrected chi connectivity index (χ0v) is 18.8. The third-order valence-electron chi connectivity index (χ3n) is 5.63. The lowest BCUT2D eigenvalue weighted by molar-refractivity contribution is -0.119. The van der Waals surface area contributed by atoms with Crippen LogP contribution in [0.2, 0.25) is 0 Å². The second-order valence-corrected chi connectivity index (χ2v) is 7.81. The van der Waals surface area contributed by atoms with Crippen molar-refractivity contribution in [2.45, 2.75) is 18.9 Å². The first-order valence-corrected chi connectivity index (χ1v) is 10.7. The van der Waals surface area contributed by atoms with Crippen molar-refractivity contribution in [2.75, 3.05) is 39.3 Å². The predicted molar refractivity (Wildman–Crippen MR) is 119 cm³/mol. The third-order valence-corrected chi connectivity index (χ3v) is 5.63. The smallest absolute Gasteiger partial charge is 0.338 e. The zero-order valence-electron chi connectivity index (χ0n) is 18.8. The number of benzene rings is 2. The Morgan fingerprint density at radius 1 is 1.06 bits per heavy atom. The molecule has 0 spiro atoms. The zero-order chi connectivity index (χ0) is 24.2. The number of anilines is 1. The van der Waals surface area contributed by atoms with Crippen molar-refractivity contribution in [3.63, 3.8) is 0 Å². The fourth-order valence-electron chi connectivity index (χ4n) is 3.89. The fourth-order valence-corrected chi connectivity index (χ4v) is 3.89. The van der Waals surface area contributed by atoms with Crippen molar-refractivity contribution in [1.29, 1.82) is 0 Å². The van der Waals surface area contributed by atoms with Crippen molar-refractivity contribution in [1.82, 2.24) is 4.90 Å². The number of carbonyl (C=O) groups is 4. The van der Waals surface area contributed by atoms with E-state index in [9.17, 15) is 19.2 Å². The van der Waals surface area contributed by atoms with Crippen LogP contribution in [-0.4, -0.2) is 68.7 Å². The second-order valence-electron chi connectivity index (χ2n) is 7.81. The molecule has 0 aromatic heterocycles. The standard InChI is InChI=1S/C24H24N2O8/c1-31-15-6-8-20(32-2)19(11-15)25-21(27)13-34-24(30)14-5-7-17-18(10-14)23(29)26(22(17)28)12-16-4-3-9-33-16/h5-8,10-11,16H,3-4,9,12-13H2,1-2H3,(H,25,27)/t16-/m1/s1. The molecule has 10 nitrogen and oxygen atoms in total. The topological polar surface area (TPSA) is 120 Å². The van der Waals surface area contributed by atoms with Gasteiger partial charge in [0.25, 0.3) is 17.7 Å². The molecular formula is C24H24N2O8. The van der Waals surface area contributed by atoms with Crippen LogP contribution in [0.25, 0.3) is 0 Å². The van der Waals surface area contributed by atoms with Gasteiger partial charge in [0.1, 0.15) is 11.5 Å². The number of ether oxygens (including phenoxy) is 4. The lowest BCUT2D eigenvalue weighted by Gasteiger charge is -2.17. The van der Waals surface area contributed by atoms with Gasteiger partial charge < -0.3 is 24.3 Å². The Hall–Kier alpha value is -3.92. The highest BCUT2D eigenvalue weighted by molar-refractivity contribution is 6.22. The number of nitrogens with one attached hydrogen (secondary N) is 1. The molecule has 0 bridgehead atoms. The van der Waals surface area contributed by atoms with Gasteiger partial charge in [-0.25, -0.2) is 4.79 Å². The van der Waals surface area contributed by atoms with Gasteiger partial charge in [0.15, 0.2) is 6.61 Å². The molecular weight excluding hydrogens is 444 g/mol. The summed E-state index contributed by atoms with van der Waals surface area (Å²) in [6.07, 6.45) is 1.50. The Bertz CT molecular complexity index is 1140. The van der Waals surface area contributed by atoms with Crippen molar-refractivity contribution in [3.8, 4) is 11.5 Å². The quantitative estimate of drug-likeness (QED) is 0.463. The molecule has 0 radical (unpaired) electrons. The van der Waals surface area contributed by atoms with Crippen molar-refractivity contribution < 1.29 is 38.1 Å². The van der Waals surface area contributed by atoms with Crippen LogP contribution in [0.3, 0.4) is 0 Å². The Balaban J connectivity index is 1.38. The molecule has 0 aliphatic carbocycles. The summed E-state index contributed by atoms with van der Waals surface area (Å²) in [6, 6.07) is 9.01. The predicted octanol–water partition coefficient (Wildman–Crippen LogP) is 2.27. The van der Waals surface area contributed by atoms with Gasteiger partial charge in [-0.3, -0.25) is 19.3 Å². The first-order chi connectivity index (χ1) is 16.4. The van der Waals surface area contributed by atoms with E-state index >= 15 is 0 Å². The Kier molecular flexibility index (Phi) is 6.78. The maximum Gasteiger partial charge on any atom is 0.338 e. The second kappa shape index (κ2) is 9.92. The number of hydrogen-bond acceptors (Lipinski definition) is 8. The van der Waals surface area contributed by atoms with E-state index in [0.29, 0.717) is 23.8 Å². The number of carbonyl (C=O) groups excluding carboxylic acids is 4. The molecule has 1 atom stereocenters. The van der Waals surface area contributed by atoms with Gasteiger partial charge in [-0.05, 0) is 43.2 Å². The molecule has 4 rings (SSSR count). The lowest BCUT2D eigenvalue weighted by Crippen LogP contribution is -2.36. The van der Waals surface area contributed by atoms with E-state index in [1.165, 1.54) is 32.4 Å². The molecule has 2 aliphatic heterocycles. The van der Waals surface area contributed by atoms with E-state index in [1.54, 1.807) is 18.2 Å². The maximum absolute atomic E-state index is 12.8. The molecule has 2 aliphatic rings. The first kappa shape index (κ1) is 23.2. The first-order valence-electron chi connectivity index (χ1n) is 10.7. The summed E-state index contributed by atoms with van der Waals surface area (Å²) in [4.78, 5) is 51.3. The number of esters is 1. The van der Waals surface area contributed by atoms with Crippen molar-refractivity contribution >= 4 is 29.4 Å². The van der Waals surface area contributed by atoms with E-state index in [1.807, 2.05) is 0 Å². The van der Waals surface area contributed by atoms with Gasteiger partial charge in [0.2, 0.25) is 0 Å². The molecule has 2 aromatic rings. The van der Waals surface area contributed by atoms with E-state index in [4.69, 9.17) is 18.9 Å². The molecule has 34 heavy (non-hydrogen) atoms. The summed E-state index contributed by atoms with van der Waals surface area (Å²) >= 11 is 0. The highest BCUT2D eigenvalue weighted by atomic mass is 16.5. The molecule has 2 aromatic carbocycles. The van der Waals surface area contributed by atoms with Gasteiger partial charge in [0.05, 0.1) is 49.2 Å². The molecule has 10 heteroatoms. The van der Waals surface area contributed by atoms with Crippen LogP contribution in [-0.2, 0) is 14.3 Å². The normalized spacial score (nSPS) is 16.9. The fraction of sp³-hybridized carbons (Fsp3) is 0.333. The maximum atomic E-state index is 12.8. The highest BCUT2D eigenvalue weighted by Gasteiger charge is 2.38. The van der Waals surface area contributed by atoms with Crippen molar-refractivity contribution in [2.24, 2.45) is 0 Å². The average molecular weight is 468 g/mol. The summed E-state index contributed by atoms with van der Waals surface area (Å²) in [5.74, 6) is -1.35. The molecule has 1 fully saturated rings. The molecule has 0 saturated carbocycles. The van der Waals surface area contributed by atoms with E-state index in [0.717, 1.165) is 17.7 Å². The van der Waals surface area contributed by atoms with Crippen LogP contribution in [0.5, 0.6) is 11.5 Å². The molecule has 0 unspecified atom stereocenters. The SMILES string of the molecule is COc1ccc(OC)c(NC(=O)COC(=O)c2ccc3c(c2)C(=O)N(C[C@H]2CCCO2)C3=O)c1. The number of methoxy groups -OCH3 is 2. The third kappa shape index (κ3) is 4.72. The van der Waals surface area contributed by atoms with E-state index in [-0.39, 0.29) is 29.3 Å². The largest absolute Gasteiger partial charge is 0.497 e. The van der Waals surface area contributed by atoms with Crippen LogP contribution >= 0.6 is 0 Å². The summed E-state index contributed by atoms with van der Waals surface area (Å²) in [5, 5.41) is 2.60. The molecule has 1 N–H and O–H groups in total. The van der Waals surface area contributed by atoms with Gasteiger partial charge in [-0.15, -0.1) is 0 Å². The minimum atomic E-state index is -0.798. The van der Waals surface area contributed by atoms with Crippen LogP contribution < -0.4 is 14.8 Å². The van der Waals surface area contributed by atoms with Crippen LogP contribution in [0.15, 0.2) is 36.4 Å². The summed E-state index contributed by atoms with van der Waals surface area (Å²) in [7, 11) is 2.95. The van der Waals surface area contributed by atoms with Gasteiger partial charge in [-0.2, -0.15) is 0 Å². The minimum absolute atomic E-state index is 0.0608. The number of hydrogen-bond donors (Lipinski definition) is 1. The van der Waals surface area contributed by atoms with Gasteiger partial charge in [-0.1, -0.05) is 0 Å². The molecule has 178 valence electrons. The molecule has 3 amide bonds. The van der Waals surface area contributed by atoms with Gasteiger partial charge >= 0.3 is 5.97 Å². The average Bonchev–Trinajstić information content (AvgIpc) is 3.45. The molecule has 2 heterocycles. The highest BCUT2D eigenvalue weighted by Crippen LogP contribution is 2.29. The minimum Gasteiger partial charge on any atom is -0.497 e. The van der Waals surface area contributed by atoms with Crippen LogP contribution in [0, 0.1) is 0 Å².